The summed E-state index contributed by atoms with van der Waals surface area (Å²) in [6, 6.07) is 5.18. The van der Waals surface area contributed by atoms with Crippen molar-refractivity contribution in [1.82, 2.24) is 4.98 Å². The number of nitrogens with one attached hydrogen (secondary N) is 1. The number of nitrogens with zero attached hydrogens (tertiary/aromatic N) is 2. The van der Waals surface area contributed by atoms with Gasteiger partial charge in [0.25, 0.3) is 5.69 Å². The van der Waals surface area contributed by atoms with Crippen LogP contribution in [0.15, 0.2) is 47.0 Å². The van der Waals surface area contributed by atoms with Crippen LogP contribution in [-0.4, -0.2) is 9.91 Å². The second-order valence-electron chi connectivity index (χ2n) is 5.23. The average Bonchev–Trinajstić information content (AvgIpc) is 2.96. The van der Waals surface area contributed by atoms with E-state index in [2.05, 4.69) is 10.3 Å². The molecule has 23 heavy (non-hydrogen) atoms. The number of benzene rings is 1. The molecule has 6 heteroatoms. The van der Waals surface area contributed by atoms with Crippen LogP contribution in [0, 0.1) is 17.0 Å². The third kappa shape index (κ3) is 4.04. The molecule has 0 saturated heterocycles. The summed E-state index contributed by atoms with van der Waals surface area (Å²) in [5.41, 5.74) is 4.41. The maximum atomic E-state index is 11.1. The van der Waals surface area contributed by atoms with Crippen LogP contribution in [0.2, 0.25) is 0 Å². The minimum Gasteiger partial charge on any atom is -0.335 e. The van der Waals surface area contributed by atoms with Gasteiger partial charge in [-0.3, -0.25) is 10.1 Å². The summed E-state index contributed by atoms with van der Waals surface area (Å²) in [5.74, 6) is 0. The van der Waals surface area contributed by atoms with E-state index in [-0.39, 0.29) is 10.6 Å². The van der Waals surface area contributed by atoms with Crippen LogP contribution in [0.1, 0.15) is 26.3 Å². The third-order valence-corrected chi connectivity index (χ3v) is 4.27. The number of hydrogen-bond donors (Lipinski definition) is 1. The Morgan fingerprint density at radius 2 is 2.13 bits per heavy atom. The zero-order valence-electron chi connectivity index (χ0n) is 13.6. The summed E-state index contributed by atoms with van der Waals surface area (Å²) in [5, 5.41) is 17.0. The van der Waals surface area contributed by atoms with Crippen LogP contribution in [0.4, 0.5) is 10.8 Å². The Labute approximate surface area is 139 Å². The summed E-state index contributed by atoms with van der Waals surface area (Å²) in [4.78, 5) is 15.2. The van der Waals surface area contributed by atoms with Gasteiger partial charge in [0.05, 0.1) is 10.6 Å². The van der Waals surface area contributed by atoms with Gasteiger partial charge < -0.3 is 5.32 Å². The van der Waals surface area contributed by atoms with Crippen molar-refractivity contribution in [2.75, 3.05) is 5.32 Å². The highest BCUT2D eigenvalue weighted by Gasteiger charge is 2.13. The van der Waals surface area contributed by atoms with Gasteiger partial charge in [0, 0.05) is 28.3 Å². The van der Waals surface area contributed by atoms with Crippen molar-refractivity contribution < 1.29 is 4.92 Å². The molecule has 0 atom stereocenters. The van der Waals surface area contributed by atoms with Gasteiger partial charge in [-0.15, -0.1) is 11.3 Å². The van der Waals surface area contributed by atoms with Gasteiger partial charge in [0.1, 0.15) is 0 Å². The lowest BCUT2D eigenvalue weighted by molar-refractivity contribution is -0.385. The van der Waals surface area contributed by atoms with E-state index in [0.29, 0.717) is 5.56 Å². The zero-order valence-corrected chi connectivity index (χ0v) is 14.4. The molecule has 0 saturated carbocycles. The van der Waals surface area contributed by atoms with Crippen molar-refractivity contribution in [3.05, 3.63) is 62.7 Å². The fourth-order valence-corrected chi connectivity index (χ4v) is 2.84. The third-order valence-electron chi connectivity index (χ3n) is 3.51. The molecule has 1 aromatic carbocycles. The quantitative estimate of drug-likeness (QED) is 0.458. The first kappa shape index (κ1) is 16.9. The first-order chi connectivity index (χ1) is 10.9. The lowest BCUT2D eigenvalue weighted by atomic mass is 10.1. The second kappa shape index (κ2) is 7.19. The van der Waals surface area contributed by atoms with Crippen LogP contribution in [0.3, 0.4) is 0 Å². The van der Waals surface area contributed by atoms with Crippen molar-refractivity contribution in [2.24, 2.45) is 0 Å². The van der Waals surface area contributed by atoms with E-state index in [1.165, 1.54) is 11.3 Å². The number of thiazole rings is 1. The molecular formula is C17H19N3O2S. The topological polar surface area (TPSA) is 68.1 Å². The maximum absolute atomic E-state index is 11.1. The van der Waals surface area contributed by atoms with E-state index in [9.17, 15) is 10.1 Å². The highest BCUT2D eigenvalue weighted by atomic mass is 32.1. The maximum Gasteiger partial charge on any atom is 0.272 e. The molecule has 1 aromatic heterocycles. The number of aromatic nitrogens is 1. The Kier molecular flexibility index (Phi) is 5.28. The second-order valence-corrected chi connectivity index (χ2v) is 6.09. The summed E-state index contributed by atoms with van der Waals surface area (Å²) in [6.45, 7) is 7.73. The van der Waals surface area contributed by atoms with E-state index in [1.54, 1.807) is 19.1 Å². The molecule has 0 aliphatic rings. The lowest BCUT2D eigenvalue weighted by Crippen LogP contribution is -1.97. The van der Waals surface area contributed by atoms with Gasteiger partial charge in [-0.1, -0.05) is 24.3 Å². The van der Waals surface area contributed by atoms with Gasteiger partial charge in [-0.25, -0.2) is 4.98 Å². The minimum absolute atomic E-state index is 0.116. The number of rotatable bonds is 5. The molecule has 5 nitrogen and oxygen atoms in total. The van der Waals surface area contributed by atoms with Crippen LogP contribution in [0.5, 0.6) is 0 Å². The van der Waals surface area contributed by atoms with Crippen molar-refractivity contribution >= 4 is 22.2 Å². The van der Waals surface area contributed by atoms with Gasteiger partial charge in [0.2, 0.25) is 0 Å². The zero-order chi connectivity index (χ0) is 17.0. The summed E-state index contributed by atoms with van der Waals surface area (Å²) < 4.78 is 0. The largest absolute Gasteiger partial charge is 0.335 e. The number of anilines is 1. The number of nitro benzene ring substituents is 1. The van der Waals surface area contributed by atoms with Crippen molar-refractivity contribution in [1.29, 1.82) is 0 Å². The highest BCUT2D eigenvalue weighted by Crippen LogP contribution is 2.30. The van der Waals surface area contributed by atoms with Gasteiger partial charge in [-0.05, 0) is 33.3 Å². The van der Waals surface area contributed by atoms with Crippen molar-refractivity contribution in [3.63, 3.8) is 0 Å². The molecule has 0 aliphatic carbocycles. The molecule has 1 N–H and O–H groups in total. The van der Waals surface area contributed by atoms with Crippen molar-refractivity contribution in [3.8, 4) is 11.3 Å². The average molecular weight is 329 g/mol. The molecule has 2 aromatic rings. The number of aryl methyl sites for hydroxylation is 1. The molecule has 0 fully saturated rings. The van der Waals surface area contributed by atoms with Crippen molar-refractivity contribution in [2.45, 2.75) is 27.7 Å². The molecule has 0 aliphatic heterocycles. The Morgan fingerprint density at radius 3 is 2.78 bits per heavy atom. The number of nitro groups is 1. The molecule has 0 amide bonds. The SMILES string of the molecule is C/C=C\C(C)=C(/C)Nc1nc(-c2ccc(C)c([N+](=O)[O-])c2)cs1. The standard InChI is InChI=1S/C17H19N3O2S/c1-5-6-11(2)13(4)18-17-19-15(10-23-17)14-8-7-12(3)16(9-14)20(21)22/h5-10H,1-4H3,(H,18,19)/b6-5-,13-11+. The summed E-state index contributed by atoms with van der Waals surface area (Å²) >= 11 is 1.48. The molecule has 1 heterocycles. The van der Waals surface area contributed by atoms with E-state index in [1.807, 2.05) is 44.4 Å². The fraction of sp³-hybridized carbons (Fsp3) is 0.235. The minimum atomic E-state index is -0.363. The summed E-state index contributed by atoms with van der Waals surface area (Å²) in [7, 11) is 0. The molecule has 0 unspecified atom stereocenters. The van der Waals surface area contributed by atoms with Crippen LogP contribution < -0.4 is 5.32 Å². The molecule has 2 rings (SSSR count). The van der Waals surface area contributed by atoms with Gasteiger partial charge in [-0.2, -0.15) is 0 Å². The van der Waals surface area contributed by atoms with E-state index < -0.39 is 0 Å². The predicted molar refractivity (Wildman–Crippen MR) is 95.8 cm³/mol. The molecule has 0 radical (unpaired) electrons. The monoisotopic (exact) mass is 329 g/mol. The number of allylic oxidation sites excluding steroid dienone is 4. The van der Waals surface area contributed by atoms with Crippen LogP contribution in [0.25, 0.3) is 11.3 Å². The van der Waals surface area contributed by atoms with E-state index in [4.69, 9.17) is 0 Å². The normalized spacial score (nSPS) is 12.3. The molecule has 120 valence electrons. The van der Waals surface area contributed by atoms with Gasteiger partial charge in [0.15, 0.2) is 5.13 Å². The number of hydrogen-bond acceptors (Lipinski definition) is 5. The smallest absolute Gasteiger partial charge is 0.272 e. The highest BCUT2D eigenvalue weighted by molar-refractivity contribution is 7.14. The Bertz CT molecular complexity index is 791. The molecule has 0 bridgehead atoms. The predicted octanol–water partition coefficient (Wildman–Crippen LogP) is 5.31. The lowest BCUT2D eigenvalue weighted by Gasteiger charge is -2.05. The Morgan fingerprint density at radius 1 is 1.39 bits per heavy atom. The first-order valence-corrected chi connectivity index (χ1v) is 8.08. The summed E-state index contributed by atoms with van der Waals surface area (Å²) in [6.07, 6.45) is 4.01. The first-order valence-electron chi connectivity index (χ1n) is 7.20. The molecular weight excluding hydrogens is 310 g/mol. The van der Waals surface area contributed by atoms with E-state index in [0.717, 1.165) is 27.7 Å². The Hall–Kier alpha value is -2.47. The fourth-order valence-electron chi connectivity index (χ4n) is 2.06. The van der Waals surface area contributed by atoms with Crippen LogP contribution in [-0.2, 0) is 0 Å². The van der Waals surface area contributed by atoms with Crippen LogP contribution >= 0.6 is 11.3 Å². The molecule has 0 spiro atoms. The van der Waals surface area contributed by atoms with E-state index >= 15 is 0 Å². The van der Waals surface area contributed by atoms with Gasteiger partial charge >= 0.3 is 0 Å². The Balaban J connectivity index is 2.28.